The van der Waals surface area contributed by atoms with Crippen molar-refractivity contribution in [2.75, 3.05) is 11.9 Å². The van der Waals surface area contributed by atoms with Crippen molar-refractivity contribution in [1.29, 1.82) is 0 Å². The van der Waals surface area contributed by atoms with Crippen LogP contribution in [0.2, 0.25) is 0 Å². The molecule has 1 atom stereocenters. The second-order valence-electron chi connectivity index (χ2n) is 8.20. The minimum atomic E-state index is -0.829. The Bertz CT molecular complexity index is 1330. The van der Waals surface area contributed by atoms with Crippen molar-refractivity contribution in [3.8, 4) is 0 Å². The zero-order chi connectivity index (χ0) is 22.9. The first-order chi connectivity index (χ1) is 16.0. The largest absolute Gasteiger partial charge is 0.361 e. The zero-order valence-corrected chi connectivity index (χ0v) is 18.1. The quantitative estimate of drug-likeness (QED) is 0.529. The lowest BCUT2D eigenvalue weighted by atomic mass is 10.1. The minimum Gasteiger partial charge on any atom is -0.361 e. The highest BCUT2D eigenvalue weighted by atomic mass is 16.2. The smallest absolute Gasteiger partial charge is 0.314 e. The number of aliphatic imine (C=N–C) groups is 2. The van der Waals surface area contributed by atoms with E-state index in [2.05, 4.69) is 30.7 Å². The predicted molar refractivity (Wildman–Crippen MR) is 123 cm³/mol. The van der Waals surface area contributed by atoms with Crippen molar-refractivity contribution < 1.29 is 14.4 Å². The molecule has 1 fully saturated rings. The number of anilines is 1. The Hall–Kier alpha value is -4.08. The number of carbonyl (C=O) groups is 3. The molecule has 0 spiro atoms. The maximum atomic E-state index is 12.5. The lowest BCUT2D eigenvalue weighted by Gasteiger charge is -2.15. The second-order valence-corrected chi connectivity index (χ2v) is 8.20. The van der Waals surface area contributed by atoms with Gasteiger partial charge in [0.25, 0.3) is 11.9 Å². The minimum absolute atomic E-state index is 0.108. The molecule has 0 radical (unpaired) electrons. The fourth-order valence-corrected chi connectivity index (χ4v) is 4.30. The van der Waals surface area contributed by atoms with Gasteiger partial charge in [-0.3, -0.25) is 14.4 Å². The van der Waals surface area contributed by atoms with Crippen LogP contribution in [0.25, 0.3) is 10.9 Å². The summed E-state index contributed by atoms with van der Waals surface area (Å²) in [7, 11) is 0. The number of rotatable bonds is 4. The van der Waals surface area contributed by atoms with E-state index in [1.54, 1.807) is 13.0 Å². The number of aromatic nitrogens is 3. The van der Waals surface area contributed by atoms with E-state index in [1.807, 2.05) is 30.5 Å². The Labute approximate surface area is 189 Å². The van der Waals surface area contributed by atoms with Crippen LogP contribution in [0.15, 0.2) is 46.5 Å². The third-order valence-corrected chi connectivity index (χ3v) is 5.90. The molecule has 2 aromatic heterocycles. The van der Waals surface area contributed by atoms with Crippen LogP contribution in [0.4, 0.5) is 5.82 Å². The van der Waals surface area contributed by atoms with Crippen LogP contribution in [-0.4, -0.2) is 50.7 Å². The van der Waals surface area contributed by atoms with Gasteiger partial charge in [0.15, 0.2) is 0 Å². The van der Waals surface area contributed by atoms with Crippen molar-refractivity contribution in [2.24, 2.45) is 15.9 Å². The number of hydrogen-bond acceptors (Lipinski definition) is 5. The summed E-state index contributed by atoms with van der Waals surface area (Å²) in [5.74, 6) is -1.74. The zero-order valence-electron chi connectivity index (χ0n) is 18.1. The summed E-state index contributed by atoms with van der Waals surface area (Å²) in [4.78, 5) is 48.9. The maximum Gasteiger partial charge on any atom is 0.314 e. The molecule has 0 saturated heterocycles. The Morgan fingerprint density at radius 2 is 2.06 bits per heavy atom. The standard InChI is InChI=1S/C23H23N7O3/c1-13-11-19(30(29-13)23-26-18-8-4-6-16(18)20(31)28-23)27-22(33)21(32)24-10-9-14-12-25-17-7-3-2-5-15(14)17/h2-3,5,7,11-12,16,25H,4,6,8-10H2,1H3,(H,24,32)(H,27,33). The SMILES string of the molecule is Cc1cc(NC(=O)C(=O)NCCc2c[nH]c3ccccc23)n(C2=NC(=O)C3CCCC3=N2)n1. The van der Waals surface area contributed by atoms with Crippen LogP contribution in [0.1, 0.15) is 30.5 Å². The topological polar surface area (TPSA) is 134 Å². The van der Waals surface area contributed by atoms with Crippen LogP contribution in [0.5, 0.6) is 0 Å². The monoisotopic (exact) mass is 445 g/mol. The van der Waals surface area contributed by atoms with Gasteiger partial charge in [-0.05, 0) is 44.2 Å². The van der Waals surface area contributed by atoms with Crippen LogP contribution in [0, 0.1) is 12.8 Å². The van der Waals surface area contributed by atoms with Gasteiger partial charge in [0.05, 0.1) is 11.6 Å². The summed E-state index contributed by atoms with van der Waals surface area (Å²) in [6.07, 6.45) is 4.89. The molecular weight excluding hydrogens is 422 g/mol. The van der Waals surface area contributed by atoms with Crippen LogP contribution >= 0.6 is 0 Å². The van der Waals surface area contributed by atoms with Crippen LogP contribution in [-0.2, 0) is 20.8 Å². The lowest BCUT2D eigenvalue weighted by Crippen LogP contribution is -2.37. The molecule has 1 saturated carbocycles. The summed E-state index contributed by atoms with van der Waals surface area (Å²) in [5, 5.41) is 10.6. The summed E-state index contributed by atoms with van der Waals surface area (Å²) in [6, 6.07) is 9.50. The van der Waals surface area contributed by atoms with Gasteiger partial charge in [-0.25, -0.2) is 4.99 Å². The van der Waals surface area contributed by atoms with E-state index in [0.717, 1.165) is 41.4 Å². The highest BCUT2D eigenvalue weighted by Gasteiger charge is 2.33. The molecule has 3 aromatic rings. The van der Waals surface area contributed by atoms with E-state index in [1.165, 1.54) is 4.68 Å². The van der Waals surface area contributed by atoms with E-state index >= 15 is 0 Å². The number of aromatic amines is 1. The van der Waals surface area contributed by atoms with Gasteiger partial charge in [0.2, 0.25) is 0 Å². The van der Waals surface area contributed by atoms with E-state index in [4.69, 9.17) is 0 Å². The summed E-state index contributed by atoms with van der Waals surface area (Å²) in [6.45, 7) is 2.05. The van der Waals surface area contributed by atoms with Gasteiger partial charge < -0.3 is 15.6 Å². The Morgan fingerprint density at radius 1 is 1.21 bits per heavy atom. The number of nitrogens with one attached hydrogen (secondary N) is 3. The molecule has 10 nitrogen and oxygen atoms in total. The van der Waals surface area contributed by atoms with E-state index in [9.17, 15) is 14.4 Å². The van der Waals surface area contributed by atoms with Gasteiger partial charge in [0, 0.05) is 35.4 Å². The maximum absolute atomic E-state index is 12.5. The summed E-state index contributed by atoms with van der Waals surface area (Å²) < 4.78 is 1.30. The number of fused-ring (bicyclic) bond motifs is 2. The highest BCUT2D eigenvalue weighted by molar-refractivity contribution is 6.39. The molecular formula is C23H23N7O3. The molecule has 10 heteroatoms. The first-order valence-corrected chi connectivity index (χ1v) is 10.9. The number of hydrogen-bond donors (Lipinski definition) is 3. The number of aryl methyl sites for hydroxylation is 1. The predicted octanol–water partition coefficient (Wildman–Crippen LogP) is 1.96. The molecule has 5 rings (SSSR count). The van der Waals surface area contributed by atoms with Gasteiger partial charge >= 0.3 is 11.8 Å². The average molecular weight is 445 g/mol. The van der Waals surface area contributed by atoms with Crippen molar-refractivity contribution in [1.82, 2.24) is 20.1 Å². The van der Waals surface area contributed by atoms with Crippen LogP contribution < -0.4 is 10.6 Å². The Kier molecular flexibility index (Phi) is 5.33. The molecule has 2 aliphatic rings. The Balaban J connectivity index is 1.24. The van der Waals surface area contributed by atoms with E-state index < -0.39 is 11.8 Å². The van der Waals surface area contributed by atoms with Crippen molar-refractivity contribution in [3.63, 3.8) is 0 Å². The molecule has 3 N–H and O–H groups in total. The molecule has 168 valence electrons. The molecule has 33 heavy (non-hydrogen) atoms. The normalized spacial score (nSPS) is 17.5. The third kappa shape index (κ3) is 4.07. The van der Waals surface area contributed by atoms with Crippen molar-refractivity contribution in [3.05, 3.63) is 47.8 Å². The summed E-state index contributed by atoms with van der Waals surface area (Å²) in [5.41, 5.74) is 3.47. The molecule has 3 heterocycles. The van der Waals surface area contributed by atoms with Gasteiger partial charge in [-0.15, -0.1) is 0 Å². The molecule has 1 aliphatic carbocycles. The number of amides is 3. The fourth-order valence-electron chi connectivity index (χ4n) is 4.30. The first kappa shape index (κ1) is 20.8. The fraction of sp³-hybridized carbons (Fsp3) is 0.304. The number of H-pyrrole nitrogens is 1. The third-order valence-electron chi connectivity index (χ3n) is 5.90. The number of benzene rings is 1. The van der Waals surface area contributed by atoms with Gasteiger partial charge in [0.1, 0.15) is 5.82 Å². The second kappa shape index (κ2) is 8.45. The van der Waals surface area contributed by atoms with Gasteiger partial charge in [-0.2, -0.15) is 14.8 Å². The lowest BCUT2D eigenvalue weighted by molar-refractivity contribution is -0.136. The van der Waals surface area contributed by atoms with E-state index in [-0.39, 0.29) is 23.6 Å². The van der Waals surface area contributed by atoms with Crippen LogP contribution in [0.3, 0.4) is 0 Å². The van der Waals surface area contributed by atoms with E-state index in [0.29, 0.717) is 18.7 Å². The molecule has 0 bridgehead atoms. The molecule has 1 unspecified atom stereocenters. The molecule has 1 aliphatic heterocycles. The molecule has 1 aromatic carbocycles. The molecule has 3 amide bonds. The summed E-state index contributed by atoms with van der Waals surface area (Å²) >= 11 is 0. The highest BCUT2D eigenvalue weighted by Crippen LogP contribution is 2.27. The number of nitrogens with zero attached hydrogens (tertiary/aromatic N) is 4. The number of para-hydroxylation sites is 1. The first-order valence-electron chi connectivity index (χ1n) is 10.9. The van der Waals surface area contributed by atoms with Gasteiger partial charge in [-0.1, -0.05) is 18.2 Å². The van der Waals surface area contributed by atoms with Crippen molar-refractivity contribution in [2.45, 2.75) is 32.6 Å². The number of carbonyl (C=O) groups excluding carboxylic acids is 3. The average Bonchev–Trinajstić information content (AvgIpc) is 3.52. The Morgan fingerprint density at radius 3 is 2.94 bits per heavy atom. The van der Waals surface area contributed by atoms with Crippen molar-refractivity contribution >= 4 is 46.1 Å².